The van der Waals surface area contributed by atoms with Gasteiger partial charge in [-0.3, -0.25) is 9.69 Å². The van der Waals surface area contributed by atoms with Crippen LogP contribution in [0.5, 0.6) is 5.75 Å². The highest BCUT2D eigenvalue weighted by molar-refractivity contribution is 5.90. The summed E-state index contributed by atoms with van der Waals surface area (Å²) >= 11 is 0. The molecule has 0 radical (unpaired) electrons. The minimum Gasteiger partial charge on any atom is -0.489 e. The van der Waals surface area contributed by atoms with Gasteiger partial charge in [0.1, 0.15) is 18.4 Å². The highest BCUT2D eigenvalue weighted by Crippen LogP contribution is 2.32. The minimum atomic E-state index is -0.857. The SMILES string of the molecule is O=C(O)[C@H](c1c[nH]c2cc(OCc3ccccc3)ccc12)N1CCN(c2ncccn2)CC1. The summed E-state index contributed by atoms with van der Waals surface area (Å²) in [7, 11) is 0. The van der Waals surface area contributed by atoms with Crippen molar-refractivity contribution in [2.45, 2.75) is 12.6 Å². The number of hydrogen-bond acceptors (Lipinski definition) is 6. The monoisotopic (exact) mass is 443 g/mol. The number of carboxylic acids is 1. The van der Waals surface area contributed by atoms with E-state index in [1.807, 2.05) is 53.4 Å². The Kier molecular flexibility index (Phi) is 5.91. The van der Waals surface area contributed by atoms with Crippen molar-refractivity contribution in [1.29, 1.82) is 0 Å². The standard InChI is InChI=1S/C25H25N5O3/c31-24(32)23(29-11-13-30(14-12-29)25-26-9-4-10-27-25)21-16-28-22-15-19(7-8-20(21)22)33-17-18-5-2-1-3-6-18/h1-10,15-16,23,28H,11-14,17H2,(H,31,32)/t23-/m0/s1. The third-order valence-electron chi connectivity index (χ3n) is 5.98. The molecule has 5 rings (SSSR count). The van der Waals surface area contributed by atoms with Crippen molar-refractivity contribution < 1.29 is 14.6 Å². The topological polar surface area (TPSA) is 94.6 Å². The lowest BCUT2D eigenvalue weighted by Gasteiger charge is -2.37. The number of nitrogens with one attached hydrogen (secondary N) is 1. The van der Waals surface area contributed by atoms with Crippen LogP contribution >= 0.6 is 0 Å². The van der Waals surface area contributed by atoms with Crippen LogP contribution in [0.1, 0.15) is 17.2 Å². The van der Waals surface area contributed by atoms with Crippen LogP contribution in [0.4, 0.5) is 5.95 Å². The Balaban J connectivity index is 1.31. The molecule has 8 heteroatoms. The van der Waals surface area contributed by atoms with E-state index >= 15 is 0 Å². The summed E-state index contributed by atoms with van der Waals surface area (Å²) in [6.07, 6.45) is 5.24. The second-order valence-corrected chi connectivity index (χ2v) is 8.04. The number of aromatic nitrogens is 3. The van der Waals surface area contributed by atoms with Crippen LogP contribution < -0.4 is 9.64 Å². The molecule has 168 valence electrons. The van der Waals surface area contributed by atoms with E-state index in [9.17, 15) is 9.90 Å². The van der Waals surface area contributed by atoms with Crippen molar-refractivity contribution >= 4 is 22.8 Å². The van der Waals surface area contributed by atoms with Crippen molar-refractivity contribution in [2.24, 2.45) is 0 Å². The molecule has 0 amide bonds. The van der Waals surface area contributed by atoms with Gasteiger partial charge in [0.05, 0.1) is 0 Å². The van der Waals surface area contributed by atoms with Crippen molar-refractivity contribution in [3.63, 3.8) is 0 Å². The molecule has 1 saturated heterocycles. The fourth-order valence-corrected chi connectivity index (χ4v) is 4.31. The second kappa shape index (κ2) is 9.30. The number of benzene rings is 2. The fraction of sp³-hybridized carbons (Fsp3) is 0.240. The quantitative estimate of drug-likeness (QED) is 0.452. The number of ether oxygens (including phenoxy) is 1. The number of anilines is 1. The molecular formula is C25H25N5O3. The predicted octanol–water partition coefficient (Wildman–Crippen LogP) is 3.48. The Morgan fingerprint density at radius 3 is 2.52 bits per heavy atom. The van der Waals surface area contributed by atoms with Crippen LogP contribution in [0, 0.1) is 0 Å². The molecule has 4 aromatic rings. The maximum Gasteiger partial charge on any atom is 0.325 e. The number of carboxylic acid groups (broad SMARTS) is 1. The summed E-state index contributed by atoms with van der Waals surface area (Å²) in [5.74, 6) is 0.562. The molecule has 0 aliphatic carbocycles. The molecule has 2 aromatic carbocycles. The molecule has 0 bridgehead atoms. The highest BCUT2D eigenvalue weighted by Gasteiger charge is 2.32. The molecule has 1 aliphatic rings. The number of H-pyrrole nitrogens is 1. The van der Waals surface area contributed by atoms with Gasteiger partial charge in [0.25, 0.3) is 0 Å². The molecule has 8 nitrogen and oxygen atoms in total. The van der Waals surface area contributed by atoms with E-state index in [1.165, 1.54) is 0 Å². The maximum absolute atomic E-state index is 12.3. The molecule has 1 aliphatic heterocycles. The smallest absolute Gasteiger partial charge is 0.325 e. The third-order valence-corrected chi connectivity index (χ3v) is 5.98. The number of aromatic amines is 1. The van der Waals surface area contributed by atoms with Gasteiger partial charge in [-0.1, -0.05) is 30.3 Å². The molecule has 2 N–H and O–H groups in total. The van der Waals surface area contributed by atoms with Crippen LogP contribution in [0.15, 0.2) is 73.2 Å². The second-order valence-electron chi connectivity index (χ2n) is 8.04. The van der Waals surface area contributed by atoms with Crippen LogP contribution in [0.25, 0.3) is 10.9 Å². The van der Waals surface area contributed by atoms with Crippen LogP contribution in [-0.2, 0) is 11.4 Å². The zero-order valence-electron chi connectivity index (χ0n) is 18.1. The molecule has 3 heterocycles. The van der Waals surface area contributed by atoms with Crippen LogP contribution in [-0.4, -0.2) is 57.1 Å². The van der Waals surface area contributed by atoms with Crippen molar-refractivity contribution in [3.05, 3.63) is 84.3 Å². The molecule has 2 aromatic heterocycles. The number of carbonyl (C=O) groups is 1. The number of rotatable bonds is 7. The first-order chi connectivity index (χ1) is 16.2. The predicted molar refractivity (Wildman–Crippen MR) is 125 cm³/mol. The van der Waals surface area contributed by atoms with Crippen LogP contribution in [0.2, 0.25) is 0 Å². The van der Waals surface area contributed by atoms with Gasteiger partial charge in [0.2, 0.25) is 5.95 Å². The Morgan fingerprint density at radius 2 is 1.79 bits per heavy atom. The number of hydrogen-bond donors (Lipinski definition) is 2. The molecule has 33 heavy (non-hydrogen) atoms. The summed E-state index contributed by atoms with van der Waals surface area (Å²) in [5.41, 5.74) is 2.71. The van der Waals surface area contributed by atoms with Gasteiger partial charge in [0, 0.05) is 67.3 Å². The lowest BCUT2D eigenvalue weighted by Crippen LogP contribution is -2.49. The van der Waals surface area contributed by atoms with Gasteiger partial charge in [-0.2, -0.15) is 0 Å². The fourth-order valence-electron chi connectivity index (χ4n) is 4.31. The van der Waals surface area contributed by atoms with Gasteiger partial charge in [-0.05, 0) is 23.8 Å². The summed E-state index contributed by atoms with van der Waals surface area (Å²) in [6, 6.07) is 16.8. The van der Waals surface area contributed by atoms with Crippen molar-refractivity contribution in [2.75, 3.05) is 31.1 Å². The average molecular weight is 444 g/mol. The zero-order valence-corrected chi connectivity index (χ0v) is 18.1. The largest absolute Gasteiger partial charge is 0.489 e. The molecule has 1 atom stereocenters. The Morgan fingerprint density at radius 1 is 1.03 bits per heavy atom. The normalized spacial score (nSPS) is 15.5. The van der Waals surface area contributed by atoms with E-state index in [4.69, 9.17) is 4.74 Å². The van der Waals surface area contributed by atoms with Crippen LogP contribution in [0.3, 0.4) is 0 Å². The summed E-state index contributed by atoms with van der Waals surface area (Å²) in [4.78, 5) is 28.2. The number of nitrogens with zero attached hydrogens (tertiary/aromatic N) is 4. The Labute approximate surface area is 191 Å². The Hall–Kier alpha value is -3.91. The summed E-state index contributed by atoms with van der Waals surface area (Å²) < 4.78 is 5.92. The van der Waals surface area contributed by atoms with E-state index in [2.05, 4.69) is 19.9 Å². The summed E-state index contributed by atoms with van der Waals surface area (Å²) in [5, 5.41) is 11.0. The van der Waals surface area contributed by atoms with E-state index < -0.39 is 12.0 Å². The van der Waals surface area contributed by atoms with Gasteiger partial charge >= 0.3 is 5.97 Å². The molecular weight excluding hydrogens is 418 g/mol. The highest BCUT2D eigenvalue weighted by atomic mass is 16.5. The lowest BCUT2D eigenvalue weighted by atomic mass is 10.0. The van der Waals surface area contributed by atoms with Gasteiger partial charge in [0.15, 0.2) is 0 Å². The minimum absolute atomic E-state index is 0.479. The van der Waals surface area contributed by atoms with Gasteiger partial charge in [-0.25, -0.2) is 9.97 Å². The third kappa shape index (κ3) is 4.51. The van der Waals surface area contributed by atoms with E-state index in [0.717, 1.165) is 27.8 Å². The number of aliphatic carboxylic acids is 1. The van der Waals surface area contributed by atoms with Crippen molar-refractivity contribution in [1.82, 2.24) is 19.9 Å². The molecule has 0 saturated carbocycles. The Bertz CT molecular complexity index is 1220. The average Bonchev–Trinajstić information content (AvgIpc) is 3.27. The van der Waals surface area contributed by atoms with E-state index in [-0.39, 0.29) is 0 Å². The zero-order chi connectivity index (χ0) is 22.6. The molecule has 0 spiro atoms. The molecule has 1 fully saturated rings. The molecule has 0 unspecified atom stereocenters. The number of fused-ring (bicyclic) bond motifs is 1. The first kappa shape index (κ1) is 21.0. The van der Waals surface area contributed by atoms with E-state index in [1.54, 1.807) is 24.7 Å². The van der Waals surface area contributed by atoms with Crippen molar-refractivity contribution in [3.8, 4) is 5.75 Å². The number of piperazine rings is 1. The first-order valence-electron chi connectivity index (χ1n) is 11.0. The lowest BCUT2D eigenvalue weighted by molar-refractivity contribution is -0.143. The van der Waals surface area contributed by atoms with E-state index in [0.29, 0.717) is 38.7 Å². The van der Waals surface area contributed by atoms with Gasteiger partial charge in [-0.15, -0.1) is 0 Å². The summed E-state index contributed by atoms with van der Waals surface area (Å²) in [6.45, 7) is 3.05. The maximum atomic E-state index is 12.3. The van der Waals surface area contributed by atoms with Gasteiger partial charge < -0.3 is 19.7 Å². The first-order valence-corrected chi connectivity index (χ1v) is 11.0.